The van der Waals surface area contributed by atoms with Gasteiger partial charge in [-0.2, -0.15) is 0 Å². The average Bonchev–Trinajstić information content (AvgIpc) is 2.89. The molecule has 26 heavy (non-hydrogen) atoms. The van der Waals surface area contributed by atoms with Crippen molar-refractivity contribution < 1.29 is 4.79 Å². The first kappa shape index (κ1) is 18.2. The lowest BCUT2D eigenvalue weighted by Gasteiger charge is -2.13. The number of nitrogens with two attached hydrogens (primary N) is 1. The predicted molar refractivity (Wildman–Crippen MR) is 105 cm³/mol. The number of pyridine rings is 1. The lowest BCUT2D eigenvalue weighted by atomic mass is 9.99. The molecule has 3 rings (SSSR count). The summed E-state index contributed by atoms with van der Waals surface area (Å²) >= 11 is 6.14. The second-order valence-electron chi connectivity index (χ2n) is 6.35. The molecule has 134 valence electrons. The number of primary amides is 1. The van der Waals surface area contributed by atoms with Crippen molar-refractivity contribution in [2.75, 3.05) is 0 Å². The van der Waals surface area contributed by atoms with Gasteiger partial charge >= 0.3 is 0 Å². The van der Waals surface area contributed by atoms with E-state index in [1.54, 1.807) is 12.4 Å². The van der Waals surface area contributed by atoms with Crippen LogP contribution in [0.15, 0.2) is 48.8 Å². The van der Waals surface area contributed by atoms with Gasteiger partial charge in [-0.05, 0) is 37.1 Å². The van der Waals surface area contributed by atoms with Crippen LogP contribution in [-0.2, 0) is 13.0 Å². The number of halogens is 1. The maximum Gasteiger partial charge on any atom is 0.251 e. The van der Waals surface area contributed by atoms with Gasteiger partial charge in [0, 0.05) is 46.5 Å². The molecular formula is C21H22ClN3O. The number of rotatable bonds is 6. The normalized spacial score (nSPS) is 10.9. The van der Waals surface area contributed by atoms with E-state index < -0.39 is 5.91 Å². The van der Waals surface area contributed by atoms with Gasteiger partial charge in [-0.25, -0.2) is 0 Å². The maximum atomic E-state index is 12.3. The number of aromatic nitrogens is 2. The number of amides is 1. The Bertz CT molecular complexity index is 932. The topological polar surface area (TPSA) is 60.9 Å². The van der Waals surface area contributed by atoms with Crippen LogP contribution in [0.25, 0.3) is 11.1 Å². The molecule has 0 aliphatic carbocycles. The summed E-state index contributed by atoms with van der Waals surface area (Å²) in [6.45, 7) is 4.72. The van der Waals surface area contributed by atoms with Crippen LogP contribution in [0.1, 0.15) is 40.7 Å². The van der Waals surface area contributed by atoms with Crippen molar-refractivity contribution in [2.45, 2.75) is 33.2 Å². The summed E-state index contributed by atoms with van der Waals surface area (Å²) in [5, 5.41) is 0.701. The molecule has 0 radical (unpaired) electrons. The van der Waals surface area contributed by atoms with Crippen LogP contribution >= 0.6 is 11.6 Å². The molecule has 0 aliphatic heterocycles. The molecule has 0 fully saturated rings. The molecule has 2 heterocycles. The third kappa shape index (κ3) is 3.51. The van der Waals surface area contributed by atoms with Crippen molar-refractivity contribution in [3.63, 3.8) is 0 Å². The first-order chi connectivity index (χ1) is 12.5. The van der Waals surface area contributed by atoms with Gasteiger partial charge < -0.3 is 10.3 Å². The summed E-state index contributed by atoms with van der Waals surface area (Å²) in [7, 11) is 0. The van der Waals surface area contributed by atoms with Crippen molar-refractivity contribution in [2.24, 2.45) is 5.73 Å². The molecule has 0 atom stereocenters. The Kier molecular flexibility index (Phi) is 5.43. The highest BCUT2D eigenvalue weighted by Crippen LogP contribution is 2.34. The second kappa shape index (κ2) is 7.75. The monoisotopic (exact) mass is 367 g/mol. The second-order valence-corrected chi connectivity index (χ2v) is 6.79. The fourth-order valence-corrected chi connectivity index (χ4v) is 3.66. The molecule has 2 aromatic heterocycles. The standard InChI is InChI=1S/C21H22ClN3O/c1-3-6-18-20(16-8-5-10-24-12-16)19(21(23)26)14(2)25(18)13-15-7-4-9-17(22)11-15/h4-5,7-12H,3,6,13H2,1-2H3,(H2,23,26). The molecule has 0 bridgehead atoms. The van der Waals surface area contributed by atoms with Crippen LogP contribution in [0.2, 0.25) is 5.02 Å². The molecule has 4 nitrogen and oxygen atoms in total. The van der Waals surface area contributed by atoms with E-state index in [2.05, 4.69) is 16.5 Å². The molecule has 0 saturated carbocycles. The van der Waals surface area contributed by atoms with E-state index in [4.69, 9.17) is 17.3 Å². The number of carbonyl (C=O) groups excluding carboxylic acids is 1. The van der Waals surface area contributed by atoms with Gasteiger partial charge in [-0.15, -0.1) is 0 Å². The van der Waals surface area contributed by atoms with E-state index in [-0.39, 0.29) is 0 Å². The third-order valence-corrected chi connectivity index (χ3v) is 4.78. The highest BCUT2D eigenvalue weighted by molar-refractivity contribution is 6.30. The first-order valence-electron chi connectivity index (χ1n) is 8.69. The zero-order valence-electron chi connectivity index (χ0n) is 15.0. The Morgan fingerprint density at radius 1 is 1.27 bits per heavy atom. The largest absolute Gasteiger partial charge is 0.366 e. The molecule has 0 spiro atoms. The molecule has 0 unspecified atom stereocenters. The minimum Gasteiger partial charge on any atom is -0.366 e. The number of carbonyl (C=O) groups is 1. The fraction of sp³-hybridized carbons (Fsp3) is 0.238. The van der Waals surface area contributed by atoms with Crippen molar-refractivity contribution in [1.82, 2.24) is 9.55 Å². The van der Waals surface area contributed by atoms with Gasteiger partial charge in [0.15, 0.2) is 0 Å². The van der Waals surface area contributed by atoms with E-state index in [1.807, 2.05) is 43.3 Å². The number of hydrogen-bond acceptors (Lipinski definition) is 2. The molecule has 0 saturated heterocycles. The summed E-state index contributed by atoms with van der Waals surface area (Å²) < 4.78 is 2.18. The summed E-state index contributed by atoms with van der Waals surface area (Å²) in [5.41, 5.74) is 11.2. The molecule has 1 aromatic carbocycles. The van der Waals surface area contributed by atoms with E-state index in [1.165, 1.54) is 0 Å². The van der Waals surface area contributed by atoms with Crippen LogP contribution in [0.4, 0.5) is 0 Å². The number of nitrogens with zero attached hydrogens (tertiary/aromatic N) is 2. The van der Waals surface area contributed by atoms with E-state index >= 15 is 0 Å². The van der Waals surface area contributed by atoms with Gasteiger partial charge in [0.05, 0.1) is 5.56 Å². The highest BCUT2D eigenvalue weighted by Gasteiger charge is 2.24. The van der Waals surface area contributed by atoms with E-state index in [9.17, 15) is 4.79 Å². The minimum atomic E-state index is -0.413. The van der Waals surface area contributed by atoms with E-state index in [0.717, 1.165) is 40.9 Å². The van der Waals surface area contributed by atoms with Crippen LogP contribution < -0.4 is 5.73 Å². The Labute approximate surface area is 158 Å². The lowest BCUT2D eigenvalue weighted by molar-refractivity contribution is 0.1000. The van der Waals surface area contributed by atoms with Crippen LogP contribution in [0, 0.1) is 6.92 Å². The molecule has 1 amide bonds. The molecule has 5 heteroatoms. The Balaban J connectivity index is 2.22. The van der Waals surface area contributed by atoms with Crippen molar-refractivity contribution in [3.05, 3.63) is 76.3 Å². The fourth-order valence-electron chi connectivity index (χ4n) is 3.45. The first-order valence-corrected chi connectivity index (χ1v) is 9.07. The van der Waals surface area contributed by atoms with Gasteiger partial charge in [0.25, 0.3) is 5.91 Å². The van der Waals surface area contributed by atoms with Crippen molar-refractivity contribution in [1.29, 1.82) is 0 Å². The van der Waals surface area contributed by atoms with Gasteiger partial charge in [0.2, 0.25) is 0 Å². The zero-order chi connectivity index (χ0) is 18.7. The smallest absolute Gasteiger partial charge is 0.251 e. The number of hydrogen-bond donors (Lipinski definition) is 1. The summed E-state index contributed by atoms with van der Waals surface area (Å²) in [6.07, 6.45) is 5.32. The number of benzene rings is 1. The summed E-state index contributed by atoms with van der Waals surface area (Å²) in [6, 6.07) is 11.6. The third-order valence-electron chi connectivity index (χ3n) is 4.54. The molecule has 2 N–H and O–H groups in total. The SMILES string of the molecule is CCCc1c(-c2cccnc2)c(C(N)=O)c(C)n1Cc1cccc(Cl)c1. The molecular weight excluding hydrogens is 346 g/mol. The minimum absolute atomic E-state index is 0.413. The lowest BCUT2D eigenvalue weighted by Crippen LogP contribution is -2.13. The highest BCUT2D eigenvalue weighted by atomic mass is 35.5. The maximum absolute atomic E-state index is 12.3. The van der Waals surface area contributed by atoms with Gasteiger partial charge in [-0.3, -0.25) is 9.78 Å². The summed E-state index contributed by atoms with van der Waals surface area (Å²) in [5.74, 6) is -0.413. The van der Waals surface area contributed by atoms with Crippen molar-refractivity contribution in [3.8, 4) is 11.1 Å². The van der Waals surface area contributed by atoms with Gasteiger partial charge in [0.1, 0.15) is 0 Å². The van der Waals surface area contributed by atoms with Crippen LogP contribution in [0.5, 0.6) is 0 Å². The Morgan fingerprint density at radius 3 is 2.69 bits per heavy atom. The summed E-state index contributed by atoms with van der Waals surface area (Å²) in [4.78, 5) is 16.5. The van der Waals surface area contributed by atoms with E-state index in [0.29, 0.717) is 17.1 Å². The Hall–Kier alpha value is -2.59. The quantitative estimate of drug-likeness (QED) is 0.691. The zero-order valence-corrected chi connectivity index (χ0v) is 15.8. The van der Waals surface area contributed by atoms with Crippen LogP contribution in [0.3, 0.4) is 0 Å². The van der Waals surface area contributed by atoms with Crippen molar-refractivity contribution >= 4 is 17.5 Å². The van der Waals surface area contributed by atoms with Gasteiger partial charge in [-0.1, -0.05) is 43.1 Å². The Morgan fingerprint density at radius 2 is 2.08 bits per heavy atom. The molecule has 0 aliphatic rings. The molecule has 3 aromatic rings. The van der Waals surface area contributed by atoms with Crippen LogP contribution in [-0.4, -0.2) is 15.5 Å². The average molecular weight is 368 g/mol. The predicted octanol–water partition coefficient (Wildman–Crippen LogP) is 4.61.